The van der Waals surface area contributed by atoms with E-state index in [1.165, 1.54) is 59.6 Å². The van der Waals surface area contributed by atoms with E-state index in [2.05, 4.69) is 19.9 Å². The van der Waals surface area contributed by atoms with Crippen molar-refractivity contribution >= 4 is 63.4 Å². The Morgan fingerprint density at radius 1 is 0.892 bits per heavy atom. The van der Waals surface area contributed by atoms with E-state index in [-0.39, 0.29) is 11.7 Å². The standard InChI is InChI=1S/C12H12N2O3S2.C12H12N2O2S2/c1-12(2)8(17-12)7-6(11(15)16-3)14-10(19-7)9-13-4-5-18-9;1-7(2)6-8-9(12(15)16-3)14-11(18-8)10-13-4-5-17-10/h4-5,8H,1-3H3;4-6H,1-3H3. The fourth-order valence-electron chi connectivity index (χ4n) is 3.17. The van der Waals surface area contributed by atoms with Crippen LogP contribution in [0.3, 0.4) is 0 Å². The summed E-state index contributed by atoms with van der Waals surface area (Å²) in [6.07, 6.45) is 5.28. The molecule has 0 N–H and O–H groups in total. The van der Waals surface area contributed by atoms with Crippen molar-refractivity contribution < 1.29 is 23.8 Å². The molecule has 0 aromatic carbocycles. The summed E-state index contributed by atoms with van der Waals surface area (Å²) in [6.45, 7) is 7.93. The monoisotopic (exact) mass is 576 g/mol. The summed E-state index contributed by atoms with van der Waals surface area (Å²) in [5.41, 5.74) is 1.56. The van der Waals surface area contributed by atoms with Gasteiger partial charge in [0, 0.05) is 23.2 Å². The normalized spacial score (nSPS) is 15.4. The van der Waals surface area contributed by atoms with E-state index >= 15 is 0 Å². The Labute approximate surface area is 229 Å². The van der Waals surface area contributed by atoms with E-state index in [1.54, 1.807) is 12.4 Å². The molecule has 0 radical (unpaired) electrons. The lowest BCUT2D eigenvalue weighted by atomic mass is 10.1. The second kappa shape index (κ2) is 11.3. The Kier molecular flexibility index (Phi) is 8.29. The molecular formula is C24H24N4O5S4. The molecule has 0 amide bonds. The minimum atomic E-state index is -0.430. The summed E-state index contributed by atoms with van der Waals surface area (Å²) in [6, 6.07) is 0. The molecule has 1 unspecified atom stereocenters. The molecule has 1 aliphatic heterocycles. The predicted molar refractivity (Wildman–Crippen MR) is 146 cm³/mol. The molecule has 5 heterocycles. The molecule has 0 saturated carbocycles. The number of hydrogen-bond acceptors (Lipinski definition) is 13. The first-order valence-corrected chi connectivity index (χ1v) is 14.3. The molecule has 1 atom stereocenters. The lowest BCUT2D eigenvalue weighted by Gasteiger charge is -1.97. The maximum atomic E-state index is 11.8. The average Bonchev–Trinajstić information content (AvgIpc) is 3.52. The maximum Gasteiger partial charge on any atom is 0.358 e. The van der Waals surface area contributed by atoms with Gasteiger partial charge in [0.2, 0.25) is 0 Å². The number of methoxy groups -OCH3 is 2. The van der Waals surface area contributed by atoms with Crippen LogP contribution in [0.5, 0.6) is 0 Å². The Morgan fingerprint density at radius 2 is 1.41 bits per heavy atom. The fourth-order valence-corrected chi connectivity index (χ4v) is 6.90. The second-order valence-electron chi connectivity index (χ2n) is 8.44. The lowest BCUT2D eigenvalue weighted by Crippen LogP contribution is -2.06. The Morgan fingerprint density at radius 3 is 1.86 bits per heavy atom. The van der Waals surface area contributed by atoms with E-state index in [1.807, 2.05) is 44.5 Å². The smallest absolute Gasteiger partial charge is 0.358 e. The molecule has 5 rings (SSSR count). The van der Waals surface area contributed by atoms with Crippen molar-refractivity contribution in [1.82, 2.24) is 19.9 Å². The van der Waals surface area contributed by atoms with Crippen LogP contribution in [-0.2, 0) is 14.2 Å². The van der Waals surface area contributed by atoms with Crippen LogP contribution in [0.25, 0.3) is 26.1 Å². The summed E-state index contributed by atoms with van der Waals surface area (Å²) in [7, 11) is 2.71. The van der Waals surface area contributed by atoms with Gasteiger partial charge in [-0.2, -0.15) is 0 Å². The molecule has 13 heteroatoms. The summed E-state index contributed by atoms with van der Waals surface area (Å²) >= 11 is 5.89. The highest BCUT2D eigenvalue weighted by molar-refractivity contribution is 7.21. The molecule has 194 valence electrons. The number of carbonyl (C=O) groups excluding carboxylic acids is 2. The van der Waals surface area contributed by atoms with Crippen molar-refractivity contribution in [2.75, 3.05) is 14.2 Å². The molecule has 0 spiro atoms. The fraction of sp³-hybridized carbons (Fsp3) is 0.333. The zero-order valence-corrected chi connectivity index (χ0v) is 24.2. The first kappa shape index (κ1) is 27.2. The highest BCUT2D eigenvalue weighted by Crippen LogP contribution is 2.52. The Balaban J connectivity index is 0.000000173. The number of hydrogen-bond donors (Lipinski definition) is 0. The van der Waals surface area contributed by atoms with Crippen molar-refractivity contribution in [3.63, 3.8) is 0 Å². The molecule has 1 aliphatic rings. The predicted octanol–water partition coefficient (Wildman–Crippen LogP) is 6.38. The molecule has 0 aliphatic carbocycles. The average molecular weight is 577 g/mol. The lowest BCUT2D eigenvalue weighted by molar-refractivity contribution is 0.0585. The zero-order chi connectivity index (χ0) is 26.7. The van der Waals surface area contributed by atoms with Gasteiger partial charge >= 0.3 is 11.9 Å². The van der Waals surface area contributed by atoms with Gasteiger partial charge in [0.25, 0.3) is 0 Å². The van der Waals surface area contributed by atoms with Crippen molar-refractivity contribution in [3.05, 3.63) is 49.9 Å². The largest absolute Gasteiger partial charge is 0.464 e. The van der Waals surface area contributed by atoms with Crippen molar-refractivity contribution in [3.8, 4) is 20.0 Å². The third-order valence-electron chi connectivity index (χ3n) is 4.95. The van der Waals surface area contributed by atoms with Gasteiger partial charge in [-0.25, -0.2) is 29.5 Å². The minimum Gasteiger partial charge on any atom is -0.464 e. The van der Waals surface area contributed by atoms with Gasteiger partial charge in [0.05, 0.1) is 29.6 Å². The number of carbonyl (C=O) groups is 2. The summed E-state index contributed by atoms with van der Waals surface area (Å²) in [5.74, 6) is -0.845. The van der Waals surface area contributed by atoms with E-state index in [9.17, 15) is 9.59 Å². The highest BCUT2D eigenvalue weighted by Gasteiger charge is 2.52. The zero-order valence-electron chi connectivity index (χ0n) is 20.9. The molecule has 1 saturated heterocycles. The third kappa shape index (κ3) is 6.18. The molecule has 1 fully saturated rings. The second-order valence-corrected chi connectivity index (χ2v) is 12.3. The van der Waals surface area contributed by atoms with Gasteiger partial charge in [0.1, 0.15) is 6.10 Å². The summed E-state index contributed by atoms with van der Waals surface area (Å²) < 4.78 is 15.1. The van der Waals surface area contributed by atoms with Gasteiger partial charge in [-0.3, -0.25) is 0 Å². The topological polar surface area (TPSA) is 117 Å². The molecule has 4 aromatic rings. The number of allylic oxidation sites excluding steroid dienone is 1. The van der Waals surface area contributed by atoms with Crippen LogP contribution < -0.4 is 0 Å². The third-order valence-corrected chi connectivity index (χ3v) is 8.88. The van der Waals surface area contributed by atoms with Crippen LogP contribution in [0.15, 0.2) is 28.7 Å². The number of ether oxygens (including phenoxy) is 3. The quantitative estimate of drug-likeness (QED) is 0.190. The van der Waals surface area contributed by atoms with Crippen LogP contribution in [0, 0.1) is 0 Å². The van der Waals surface area contributed by atoms with Crippen LogP contribution in [-0.4, -0.2) is 51.7 Å². The van der Waals surface area contributed by atoms with Crippen LogP contribution >= 0.6 is 45.3 Å². The summed E-state index contributed by atoms with van der Waals surface area (Å²) in [5, 5.41) is 6.87. The van der Waals surface area contributed by atoms with E-state index in [4.69, 9.17) is 14.2 Å². The van der Waals surface area contributed by atoms with Crippen molar-refractivity contribution in [2.45, 2.75) is 39.4 Å². The SMILES string of the molecule is COC(=O)c1nc(-c2nccs2)sc1C1OC1(C)C.COC(=O)c1nc(-c2nccs2)sc1C=C(C)C. The van der Waals surface area contributed by atoms with E-state index < -0.39 is 11.9 Å². The number of rotatable bonds is 6. The number of esters is 2. The summed E-state index contributed by atoms with van der Waals surface area (Å²) in [4.78, 5) is 42.2. The Hall–Kier alpha value is -2.84. The van der Waals surface area contributed by atoms with Gasteiger partial charge in [0.15, 0.2) is 31.4 Å². The highest BCUT2D eigenvalue weighted by atomic mass is 32.1. The molecular weight excluding hydrogens is 553 g/mol. The van der Waals surface area contributed by atoms with Gasteiger partial charge < -0.3 is 14.2 Å². The van der Waals surface area contributed by atoms with Gasteiger partial charge in [-0.1, -0.05) is 5.57 Å². The maximum absolute atomic E-state index is 11.8. The Bertz CT molecular complexity index is 1420. The van der Waals surface area contributed by atoms with Gasteiger partial charge in [-0.05, 0) is 33.8 Å². The first-order chi connectivity index (χ1) is 17.6. The number of epoxide rings is 1. The number of aromatic nitrogens is 4. The molecule has 0 bridgehead atoms. The minimum absolute atomic E-state index is 0.0900. The van der Waals surface area contributed by atoms with Crippen molar-refractivity contribution in [2.24, 2.45) is 0 Å². The molecule has 37 heavy (non-hydrogen) atoms. The van der Waals surface area contributed by atoms with Crippen molar-refractivity contribution in [1.29, 1.82) is 0 Å². The van der Waals surface area contributed by atoms with E-state index in [0.717, 1.165) is 35.4 Å². The molecule has 9 nitrogen and oxygen atoms in total. The van der Waals surface area contributed by atoms with Crippen LogP contribution in [0.1, 0.15) is 64.5 Å². The number of nitrogens with zero attached hydrogens (tertiary/aromatic N) is 4. The first-order valence-electron chi connectivity index (χ1n) is 10.9. The van der Waals surface area contributed by atoms with E-state index in [0.29, 0.717) is 11.4 Å². The van der Waals surface area contributed by atoms with Gasteiger partial charge in [-0.15, -0.1) is 45.3 Å². The molecule has 4 aromatic heterocycles. The number of thiazole rings is 4. The van der Waals surface area contributed by atoms with Crippen LogP contribution in [0.4, 0.5) is 0 Å². The van der Waals surface area contributed by atoms with Crippen LogP contribution in [0.2, 0.25) is 0 Å².